The number of hydrogen-bond acceptors (Lipinski definition) is 4. The number of rotatable bonds is 6. The molecular weight excluding hydrogens is 280 g/mol. The highest BCUT2D eigenvalue weighted by Gasteiger charge is 2.20. The van der Waals surface area contributed by atoms with E-state index in [2.05, 4.69) is 14.9 Å². The van der Waals surface area contributed by atoms with Crippen molar-refractivity contribution in [2.75, 3.05) is 6.54 Å². The Hall–Kier alpha value is -1.40. The van der Waals surface area contributed by atoms with Crippen LogP contribution in [0.3, 0.4) is 0 Å². The summed E-state index contributed by atoms with van der Waals surface area (Å²) in [4.78, 5) is 0.998. The highest BCUT2D eigenvalue weighted by Crippen LogP contribution is 2.26. The maximum absolute atomic E-state index is 13.8. The Morgan fingerprint density at radius 3 is 2.80 bits per heavy atom. The minimum atomic E-state index is -0.809. The van der Waals surface area contributed by atoms with Crippen LogP contribution in [-0.4, -0.2) is 16.1 Å². The molecule has 0 saturated heterocycles. The molecule has 0 aliphatic carbocycles. The van der Waals surface area contributed by atoms with Gasteiger partial charge in [0.05, 0.1) is 10.6 Å². The van der Waals surface area contributed by atoms with E-state index < -0.39 is 11.6 Å². The summed E-state index contributed by atoms with van der Waals surface area (Å²) < 4.78 is 31.0. The average Bonchev–Trinajstić information content (AvgIpc) is 2.91. The van der Waals surface area contributed by atoms with Gasteiger partial charge in [0.15, 0.2) is 11.6 Å². The first-order chi connectivity index (χ1) is 9.67. The van der Waals surface area contributed by atoms with Crippen LogP contribution in [0.5, 0.6) is 0 Å². The quantitative estimate of drug-likeness (QED) is 0.889. The molecule has 6 heteroatoms. The summed E-state index contributed by atoms with van der Waals surface area (Å²) >= 11 is 1.31. The summed E-state index contributed by atoms with van der Waals surface area (Å²) in [7, 11) is 0. The lowest BCUT2D eigenvalue weighted by molar-refractivity contribution is 0.482. The summed E-state index contributed by atoms with van der Waals surface area (Å²) in [6.45, 7) is 4.73. The van der Waals surface area contributed by atoms with Crippen LogP contribution in [0, 0.1) is 11.6 Å². The first-order valence-corrected chi connectivity index (χ1v) is 7.42. The number of hydrogen-bond donors (Lipinski definition) is 1. The average molecular weight is 297 g/mol. The van der Waals surface area contributed by atoms with Gasteiger partial charge in [-0.15, -0.1) is 5.10 Å². The number of nitrogens with zero attached hydrogens (tertiary/aromatic N) is 2. The zero-order chi connectivity index (χ0) is 14.5. The van der Waals surface area contributed by atoms with Gasteiger partial charge in [0.25, 0.3) is 0 Å². The van der Waals surface area contributed by atoms with Crippen LogP contribution in [0.15, 0.2) is 18.2 Å². The standard InChI is InChI=1S/C14H17F2N3S/c1-3-11-14(20-19-18-11)12(17-4-2)8-9-6-5-7-10(15)13(9)16/h5-7,12,17H,3-4,8H2,1-2H3. The number of aryl methyl sites for hydroxylation is 1. The van der Waals surface area contributed by atoms with E-state index in [1.807, 2.05) is 13.8 Å². The van der Waals surface area contributed by atoms with Gasteiger partial charge in [0, 0.05) is 6.04 Å². The Morgan fingerprint density at radius 2 is 2.10 bits per heavy atom. The van der Waals surface area contributed by atoms with Crippen molar-refractivity contribution in [1.29, 1.82) is 0 Å². The van der Waals surface area contributed by atoms with Gasteiger partial charge in [-0.25, -0.2) is 8.78 Å². The van der Waals surface area contributed by atoms with Crippen LogP contribution in [0.1, 0.15) is 36.0 Å². The second kappa shape index (κ2) is 6.85. The normalized spacial score (nSPS) is 12.6. The lowest BCUT2D eigenvalue weighted by Gasteiger charge is -2.17. The molecule has 0 bridgehead atoms. The molecule has 1 atom stereocenters. The minimum absolute atomic E-state index is 0.0914. The highest BCUT2D eigenvalue weighted by molar-refractivity contribution is 7.05. The molecule has 0 amide bonds. The predicted octanol–water partition coefficient (Wildman–Crippen LogP) is 3.27. The van der Waals surface area contributed by atoms with Crippen LogP contribution in [0.25, 0.3) is 0 Å². The van der Waals surface area contributed by atoms with E-state index in [0.29, 0.717) is 12.0 Å². The Bertz CT molecular complexity index is 571. The third-order valence-electron chi connectivity index (χ3n) is 3.14. The minimum Gasteiger partial charge on any atom is -0.309 e. The van der Waals surface area contributed by atoms with Crippen molar-refractivity contribution in [3.05, 3.63) is 46.0 Å². The number of nitrogens with one attached hydrogen (secondary N) is 1. The molecule has 0 aliphatic heterocycles. The van der Waals surface area contributed by atoms with Crippen LogP contribution in [-0.2, 0) is 12.8 Å². The Labute approximate surface area is 121 Å². The molecule has 0 aliphatic rings. The van der Waals surface area contributed by atoms with Crippen molar-refractivity contribution in [3.8, 4) is 0 Å². The summed E-state index contributed by atoms with van der Waals surface area (Å²) in [5.41, 5.74) is 1.28. The topological polar surface area (TPSA) is 37.8 Å². The van der Waals surface area contributed by atoms with Crippen LogP contribution >= 0.6 is 11.5 Å². The Kier molecular flexibility index (Phi) is 5.14. The molecule has 0 saturated carbocycles. The lowest BCUT2D eigenvalue weighted by atomic mass is 10.0. The monoisotopic (exact) mass is 297 g/mol. The number of aromatic nitrogens is 2. The predicted molar refractivity (Wildman–Crippen MR) is 75.8 cm³/mol. The fraction of sp³-hybridized carbons (Fsp3) is 0.429. The van der Waals surface area contributed by atoms with Gasteiger partial charge in [-0.05, 0) is 42.5 Å². The van der Waals surface area contributed by atoms with Crippen LogP contribution in [0.2, 0.25) is 0 Å². The Morgan fingerprint density at radius 1 is 1.30 bits per heavy atom. The van der Waals surface area contributed by atoms with Gasteiger partial charge in [0.1, 0.15) is 0 Å². The van der Waals surface area contributed by atoms with E-state index in [1.54, 1.807) is 6.07 Å². The van der Waals surface area contributed by atoms with E-state index in [1.165, 1.54) is 17.6 Å². The van der Waals surface area contributed by atoms with E-state index >= 15 is 0 Å². The molecule has 1 aromatic heterocycles. The molecule has 1 unspecified atom stereocenters. The van der Waals surface area contributed by atoms with Crippen molar-refractivity contribution in [2.45, 2.75) is 32.7 Å². The number of likely N-dealkylation sites (N-methyl/N-ethyl adjacent to an activating group) is 1. The third kappa shape index (κ3) is 3.19. The first-order valence-electron chi connectivity index (χ1n) is 6.64. The molecule has 0 spiro atoms. The molecular formula is C14H17F2N3S. The van der Waals surface area contributed by atoms with Crippen molar-refractivity contribution in [1.82, 2.24) is 14.9 Å². The summed E-state index contributed by atoms with van der Waals surface area (Å²) in [6, 6.07) is 4.18. The maximum Gasteiger partial charge on any atom is 0.162 e. The lowest BCUT2D eigenvalue weighted by Crippen LogP contribution is -2.23. The molecule has 2 aromatic rings. The fourth-order valence-corrected chi connectivity index (χ4v) is 2.97. The van der Waals surface area contributed by atoms with Gasteiger partial charge in [0.2, 0.25) is 0 Å². The Balaban J connectivity index is 2.28. The van der Waals surface area contributed by atoms with E-state index in [0.717, 1.165) is 29.6 Å². The van der Waals surface area contributed by atoms with Crippen molar-refractivity contribution in [3.63, 3.8) is 0 Å². The highest BCUT2D eigenvalue weighted by atomic mass is 32.1. The van der Waals surface area contributed by atoms with Crippen molar-refractivity contribution >= 4 is 11.5 Å². The van der Waals surface area contributed by atoms with Gasteiger partial charge in [-0.3, -0.25) is 0 Å². The van der Waals surface area contributed by atoms with Gasteiger partial charge < -0.3 is 5.32 Å². The molecule has 20 heavy (non-hydrogen) atoms. The summed E-state index contributed by atoms with van der Waals surface area (Å²) in [6.07, 6.45) is 1.16. The molecule has 3 nitrogen and oxygen atoms in total. The second-order valence-electron chi connectivity index (χ2n) is 4.46. The maximum atomic E-state index is 13.8. The fourth-order valence-electron chi connectivity index (χ4n) is 2.16. The second-order valence-corrected chi connectivity index (χ2v) is 5.25. The molecule has 0 fully saturated rings. The van der Waals surface area contributed by atoms with Gasteiger partial charge in [-0.1, -0.05) is 30.5 Å². The summed E-state index contributed by atoms with van der Waals surface area (Å²) in [5.74, 6) is -1.58. The SMILES string of the molecule is CCNC(Cc1cccc(F)c1F)c1snnc1CC. The van der Waals surface area contributed by atoms with Crippen molar-refractivity contribution in [2.24, 2.45) is 0 Å². The van der Waals surface area contributed by atoms with Crippen LogP contribution < -0.4 is 5.32 Å². The summed E-state index contributed by atoms with van der Waals surface area (Å²) in [5, 5.41) is 7.38. The zero-order valence-electron chi connectivity index (χ0n) is 11.5. The van der Waals surface area contributed by atoms with Crippen molar-refractivity contribution < 1.29 is 8.78 Å². The first kappa shape index (κ1) is 15.0. The van der Waals surface area contributed by atoms with Gasteiger partial charge in [-0.2, -0.15) is 0 Å². The number of halogens is 2. The van der Waals surface area contributed by atoms with E-state index in [4.69, 9.17) is 0 Å². The molecule has 1 N–H and O–H groups in total. The zero-order valence-corrected chi connectivity index (χ0v) is 12.3. The smallest absolute Gasteiger partial charge is 0.162 e. The molecule has 1 aromatic carbocycles. The largest absolute Gasteiger partial charge is 0.309 e. The molecule has 108 valence electrons. The van der Waals surface area contributed by atoms with E-state index in [9.17, 15) is 8.78 Å². The third-order valence-corrected chi connectivity index (χ3v) is 4.02. The van der Waals surface area contributed by atoms with E-state index in [-0.39, 0.29) is 6.04 Å². The molecule has 1 heterocycles. The van der Waals surface area contributed by atoms with Gasteiger partial charge >= 0.3 is 0 Å². The molecule has 2 rings (SSSR count). The number of benzene rings is 1. The van der Waals surface area contributed by atoms with Crippen LogP contribution in [0.4, 0.5) is 8.78 Å². The molecule has 0 radical (unpaired) electrons.